The summed E-state index contributed by atoms with van der Waals surface area (Å²) in [4.78, 5) is 0. The Bertz CT molecular complexity index is 956. The molecule has 0 heterocycles. The number of rotatable bonds is 4. The van der Waals surface area contributed by atoms with Crippen molar-refractivity contribution in [1.29, 1.82) is 10.5 Å². The number of nitriles is 2. The quantitative estimate of drug-likeness (QED) is 0.339. The van der Waals surface area contributed by atoms with E-state index in [1.54, 1.807) is 0 Å². The van der Waals surface area contributed by atoms with Gasteiger partial charge in [0.25, 0.3) is 0 Å². The maximum absolute atomic E-state index is 13.9. The van der Waals surface area contributed by atoms with Crippen LogP contribution in [-0.4, -0.2) is 0 Å². The van der Waals surface area contributed by atoms with Crippen molar-refractivity contribution in [3.63, 3.8) is 0 Å². The van der Waals surface area contributed by atoms with Crippen LogP contribution >= 0.6 is 0 Å². The molecule has 0 aliphatic rings. The molecule has 11 heteroatoms. The molecular weight excluding hydrogens is 393 g/mol. The van der Waals surface area contributed by atoms with Gasteiger partial charge < -0.3 is 0 Å². The molecule has 144 valence electrons. The van der Waals surface area contributed by atoms with Crippen molar-refractivity contribution in [3.05, 3.63) is 70.9 Å². The van der Waals surface area contributed by atoms with Crippen LogP contribution in [0.3, 0.4) is 0 Å². The summed E-state index contributed by atoms with van der Waals surface area (Å²) >= 11 is 0. The van der Waals surface area contributed by atoms with Crippen molar-refractivity contribution in [2.45, 2.75) is 6.18 Å². The largest absolute Gasteiger partial charge is 0.416 e. The van der Waals surface area contributed by atoms with Crippen molar-refractivity contribution in [2.75, 3.05) is 10.4 Å². The topological polar surface area (TPSA) is 62.9 Å². The number of nitrogens with one attached hydrogen (secondary N) is 1. The number of hydrogen-bond acceptors (Lipinski definition) is 4. The van der Waals surface area contributed by atoms with Gasteiger partial charge in [-0.15, -0.1) is 0 Å². The first-order chi connectivity index (χ1) is 13.1. The maximum atomic E-state index is 13.9. The summed E-state index contributed by atoms with van der Waals surface area (Å²) in [6.45, 7) is 0. The lowest BCUT2D eigenvalue weighted by Gasteiger charge is -2.24. The van der Waals surface area contributed by atoms with Crippen molar-refractivity contribution >= 4 is 11.4 Å². The molecule has 0 saturated carbocycles. The Morgan fingerprint density at radius 2 is 1.43 bits per heavy atom. The van der Waals surface area contributed by atoms with Crippen LogP contribution in [0.15, 0.2) is 42.1 Å². The second-order valence-electron chi connectivity index (χ2n) is 5.14. The van der Waals surface area contributed by atoms with Crippen LogP contribution in [0.25, 0.3) is 0 Å². The molecule has 0 amide bonds. The molecule has 1 N–H and O–H groups in total. The lowest BCUT2D eigenvalue weighted by Crippen LogP contribution is -2.26. The van der Waals surface area contributed by atoms with Crippen molar-refractivity contribution in [3.8, 4) is 12.1 Å². The Labute approximate surface area is 153 Å². The Kier molecular flexibility index (Phi) is 5.79. The van der Waals surface area contributed by atoms with Gasteiger partial charge in [0.15, 0.2) is 23.3 Å². The van der Waals surface area contributed by atoms with Crippen LogP contribution in [0.2, 0.25) is 0 Å². The third-order valence-electron chi connectivity index (χ3n) is 3.32. The zero-order valence-electron chi connectivity index (χ0n) is 13.5. The Morgan fingerprint density at radius 3 is 1.86 bits per heavy atom. The minimum Gasteiger partial charge on any atom is -0.288 e. The van der Waals surface area contributed by atoms with E-state index in [2.05, 4.69) is 0 Å². The Hall–Kier alpha value is -3.73. The van der Waals surface area contributed by atoms with E-state index >= 15 is 0 Å². The van der Waals surface area contributed by atoms with Gasteiger partial charge in [0, 0.05) is 6.07 Å². The third-order valence-corrected chi connectivity index (χ3v) is 3.32. The third kappa shape index (κ3) is 4.32. The summed E-state index contributed by atoms with van der Waals surface area (Å²) in [6.07, 6.45) is -3.98. The highest BCUT2D eigenvalue weighted by Gasteiger charge is 2.30. The highest BCUT2D eigenvalue weighted by atomic mass is 19.4. The molecule has 2 aromatic carbocycles. The molecule has 0 unspecified atom stereocenters. The highest BCUT2D eigenvalue weighted by molar-refractivity contribution is 5.61. The molecule has 0 spiro atoms. The molecule has 0 saturated heterocycles. The number of alkyl halides is 3. The van der Waals surface area contributed by atoms with Crippen LogP contribution in [0.4, 0.5) is 42.1 Å². The molecule has 0 atom stereocenters. The van der Waals surface area contributed by atoms with Crippen molar-refractivity contribution in [1.82, 2.24) is 0 Å². The fourth-order valence-electron chi connectivity index (χ4n) is 1.99. The smallest absolute Gasteiger partial charge is 0.288 e. The van der Waals surface area contributed by atoms with Crippen molar-refractivity contribution in [2.24, 2.45) is 0 Å². The predicted octanol–water partition coefficient (Wildman–Crippen LogP) is 5.03. The second kappa shape index (κ2) is 7.88. The number of nitrogens with zero attached hydrogens (tertiary/aromatic N) is 3. The summed E-state index contributed by atoms with van der Waals surface area (Å²) in [6, 6.07) is 5.76. The summed E-state index contributed by atoms with van der Waals surface area (Å²) in [5.74, 6) is -7.11. The van der Waals surface area contributed by atoms with Gasteiger partial charge in [0.2, 0.25) is 0 Å². The van der Waals surface area contributed by atoms with Gasteiger partial charge in [-0.3, -0.25) is 10.4 Å². The van der Waals surface area contributed by atoms with E-state index in [1.165, 1.54) is 12.1 Å². The number of anilines is 2. The van der Waals surface area contributed by atoms with Gasteiger partial charge in [-0.1, -0.05) is 0 Å². The monoisotopic (exact) mass is 400 g/mol. The average Bonchev–Trinajstić information content (AvgIpc) is 2.65. The predicted molar refractivity (Wildman–Crippen MR) is 83.1 cm³/mol. The van der Waals surface area contributed by atoms with E-state index in [9.17, 15) is 30.7 Å². The molecular formula is C17H7F7N4. The Morgan fingerprint density at radius 1 is 0.929 bits per heavy atom. The number of allylic oxidation sites excluding steroid dienone is 1. The minimum absolute atomic E-state index is 0.0376. The molecule has 0 fully saturated rings. The van der Waals surface area contributed by atoms with Gasteiger partial charge >= 0.3 is 6.18 Å². The molecule has 2 aromatic rings. The van der Waals surface area contributed by atoms with E-state index in [0.29, 0.717) is 23.3 Å². The zero-order valence-corrected chi connectivity index (χ0v) is 13.5. The lowest BCUT2D eigenvalue weighted by molar-refractivity contribution is -0.137. The van der Waals surface area contributed by atoms with Gasteiger partial charge in [0.05, 0.1) is 17.5 Å². The highest BCUT2D eigenvalue weighted by Crippen LogP contribution is 2.31. The fraction of sp³-hybridized carbons (Fsp3) is 0.0588. The first-order valence-corrected chi connectivity index (χ1v) is 7.16. The molecule has 0 bridgehead atoms. The molecule has 0 radical (unpaired) electrons. The fourth-order valence-corrected chi connectivity index (χ4v) is 1.99. The van der Waals surface area contributed by atoms with E-state index in [0.717, 1.165) is 12.1 Å². The van der Waals surface area contributed by atoms with Crippen LogP contribution in [0.5, 0.6) is 0 Å². The van der Waals surface area contributed by atoms with Gasteiger partial charge in [-0.25, -0.2) is 17.6 Å². The maximum Gasteiger partial charge on any atom is 0.416 e. The molecule has 4 nitrogen and oxygen atoms in total. The van der Waals surface area contributed by atoms with Crippen LogP contribution in [0, 0.1) is 45.9 Å². The lowest BCUT2D eigenvalue weighted by atomic mass is 10.2. The summed E-state index contributed by atoms with van der Waals surface area (Å²) in [5.41, 5.74) is -1.29. The number of halogens is 7. The second-order valence-corrected chi connectivity index (χ2v) is 5.14. The molecule has 0 aliphatic carbocycles. The first-order valence-electron chi connectivity index (χ1n) is 7.16. The SMILES string of the molecule is N#CC(C#N)=CN(Nc1c(F)c(F)cc(F)c1F)c1ccc(C(F)(F)F)cc1. The van der Waals surface area contributed by atoms with Gasteiger partial charge in [-0.2, -0.15) is 23.7 Å². The summed E-state index contributed by atoms with van der Waals surface area (Å²) in [7, 11) is 0. The molecule has 28 heavy (non-hydrogen) atoms. The standard InChI is InChI=1S/C17H7F7N4/c18-12-5-13(19)15(21)16(14(12)20)27-28(8-9(6-25)7-26)11-3-1-10(2-4-11)17(22,23)24/h1-5,8,27H. The summed E-state index contributed by atoms with van der Waals surface area (Å²) < 4.78 is 92.5. The summed E-state index contributed by atoms with van der Waals surface area (Å²) in [5, 5.41) is 18.2. The van der Waals surface area contributed by atoms with Crippen LogP contribution in [-0.2, 0) is 6.18 Å². The molecule has 0 aromatic heterocycles. The number of hydrazine groups is 1. The van der Waals surface area contributed by atoms with E-state index in [-0.39, 0.29) is 11.8 Å². The normalized spacial score (nSPS) is 10.6. The van der Waals surface area contributed by atoms with E-state index in [4.69, 9.17) is 10.5 Å². The molecule has 2 rings (SSSR count). The zero-order chi connectivity index (χ0) is 21.1. The first kappa shape index (κ1) is 20.6. The molecule has 0 aliphatic heterocycles. The van der Waals surface area contributed by atoms with E-state index in [1.807, 2.05) is 5.43 Å². The average molecular weight is 400 g/mol. The van der Waals surface area contributed by atoms with Crippen molar-refractivity contribution < 1.29 is 30.7 Å². The van der Waals surface area contributed by atoms with E-state index < -0.39 is 46.3 Å². The van der Waals surface area contributed by atoms with Gasteiger partial charge in [0.1, 0.15) is 23.4 Å². The van der Waals surface area contributed by atoms with Gasteiger partial charge in [-0.05, 0) is 24.3 Å². The minimum atomic E-state index is -4.67. The number of hydrogen-bond donors (Lipinski definition) is 1. The number of benzene rings is 2. The Balaban J connectivity index is 2.56. The van der Waals surface area contributed by atoms with Crippen LogP contribution in [0.1, 0.15) is 5.56 Å². The van der Waals surface area contributed by atoms with Crippen LogP contribution < -0.4 is 10.4 Å².